The summed E-state index contributed by atoms with van der Waals surface area (Å²) in [4.78, 5) is 45.7. The molecule has 0 unspecified atom stereocenters. The fourth-order valence-electron chi connectivity index (χ4n) is 5.08. The van der Waals surface area contributed by atoms with Gasteiger partial charge in [0.15, 0.2) is 0 Å². The molecule has 0 radical (unpaired) electrons. The Kier molecular flexibility index (Phi) is 7.20. The third-order valence-electron chi connectivity index (χ3n) is 7.01. The quantitative estimate of drug-likeness (QED) is 0.137. The highest BCUT2D eigenvalue weighted by molar-refractivity contribution is 6.30. The molecule has 0 aliphatic rings. The first-order valence-corrected chi connectivity index (χ1v) is 13.7. The number of hydrogen-bond donors (Lipinski definition) is 2. The van der Waals surface area contributed by atoms with Crippen molar-refractivity contribution in [3.63, 3.8) is 0 Å². The Labute approximate surface area is 247 Å². The Hall–Kier alpha value is -5.00. The van der Waals surface area contributed by atoms with Crippen molar-refractivity contribution in [2.24, 2.45) is 5.73 Å². The van der Waals surface area contributed by atoms with Gasteiger partial charge in [-0.1, -0.05) is 11.6 Å². The Morgan fingerprint density at radius 2 is 2.02 bits per heavy atom. The van der Waals surface area contributed by atoms with Crippen molar-refractivity contribution < 1.29 is 27.9 Å². The number of furan rings is 1. The number of nitrogens with one attached hydrogen (secondary N) is 1. The number of pyridine rings is 2. The van der Waals surface area contributed by atoms with Gasteiger partial charge < -0.3 is 29.2 Å². The van der Waals surface area contributed by atoms with Crippen molar-refractivity contribution in [3.8, 4) is 16.9 Å². The number of esters is 2. The van der Waals surface area contributed by atoms with Crippen LogP contribution in [0.2, 0.25) is 5.15 Å². The van der Waals surface area contributed by atoms with Gasteiger partial charge in [-0.25, -0.2) is 19.0 Å². The maximum absolute atomic E-state index is 15.4. The van der Waals surface area contributed by atoms with Gasteiger partial charge in [-0.3, -0.25) is 4.79 Å². The predicted octanol–water partition coefficient (Wildman–Crippen LogP) is 5.56. The first kappa shape index (κ1) is 28.1. The molecule has 0 fully saturated rings. The van der Waals surface area contributed by atoms with Crippen LogP contribution >= 0.6 is 11.6 Å². The van der Waals surface area contributed by atoms with Crippen molar-refractivity contribution in [1.29, 1.82) is 0 Å². The van der Waals surface area contributed by atoms with Crippen LogP contribution < -0.4 is 16.0 Å². The lowest BCUT2D eigenvalue weighted by molar-refractivity contribution is -0.135. The lowest BCUT2D eigenvalue weighted by Gasteiger charge is -2.14. The number of H-pyrrole nitrogens is 1. The van der Waals surface area contributed by atoms with Crippen molar-refractivity contribution in [2.45, 2.75) is 26.4 Å². The Morgan fingerprint density at radius 3 is 2.77 bits per heavy atom. The largest absolute Gasteiger partial charge is 0.463 e. The molecule has 10 nitrogen and oxygen atoms in total. The second kappa shape index (κ2) is 11.0. The molecular formula is C31H24ClFN4O6. The third-order valence-corrected chi connectivity index (χ3v) is 7.33. The van der Waals surface area contributed by atoms with Gasteiger partial charge in [-0.05, 0) is 56.3 Å². The second-order valence-corrected chi connectivity index (χ2v) is 10.2. The highest BCUT2D eigenvalue weighted by atomic mass is 35.5. The molecule has 0 bridgehead atoms. The molecule has 0 saturated heterocycles. The maximum Gasteiger partial charge on any atom is 0.355 e. The first-order valence-electron chi connectivity index (χ1n) is 13.3. The molecule has 2 aromatic carbocycles. The van der Waals surface area contributed by atoms with E-state index in [9.17, 15) is 14.4 Å². The first-order chi connectivity index (χ1) is 20.7. The van der Waals surface area contributed by atoms with E-state index in [1.54, 1.807) is 47.9 Å². The summed E-state index contributed by atoms with van der Waals surface area (Å²) in [7, 11) is 0. The zero-order chi connectivity index (χ0) is 30.4. The van der Waals surface area contributed by atoms with Crippen LogP contribution in [0.3, 0.4) is 0 Å². The number of halogens is 2. The van der Waals surface area contributed by atoms with E-state index in [0.717, 1.165) is 0 Å². The van der Waals surface area contributed by atoms with Crippen molar-refractivity contribution in [2.75, 3.05) is 6.61 Å². The van der Waals surface area contributed by atoms with Gasteiger partial charge in [0.25, 0.3) is 5.56 Å². The van der Waals surface area contributed by atoms with Crippen molar-refractivity contribution >= 4 is 56.3 Å². The zero-order valence-electron chi connectivity index (χ0n) is 22.9. The average Bonchev–Trinajstić information content (AvgIpc) is 3.58. The van der Waals surface area contributed by atoms with Gasteiger partial charge in [0.2, 0.25) is 0 Å². The molecule has 43 heavy (non-hydrogen) atoms. The van der Waals surface area contributed by atoms with Gasteiger partial charge in [-0.15, -0.1) is 0 Å². The molecule has 4 aromatic heterocycles. The molecule has 3 N–H and O–H groups in total. The van der Waals surface area contributed by atoms with Gasteiger partial charge in [0.05, 0.1) is 46.8 Å². The number of hydrogen-bond acceptors (Lipinski definition) is 8. The van der Waals surface area contributed by atoms with Crippen LogP contribution in [0.4, 0.5) is 4.39 Å². The fraction of sp³-hybridized carbons (Fsp3) is 0.161. The number of carbonyl (C=O) groups is 2. The third kappa shape index (κ3) is 4.92. The van der Waals surface area contributed by atoms with E-state index in [0.29, 0.717) is 21.9 Å². The highest BCUT2D eigenvalue weighted by Gasteiger charge is 2.30. The highest BCUT2D eigenvalue weighted by Crippen LogP contribution is 2.41. The average molecular weight is 603 g/mol. The van der Waals surface area contributed by atoms with Crippen LogP contribution in [0.5, 0.6) is 5.75 Å². The van der Waals surface area contributed by atoms with Crippen LogP contribution in [-0.4, -0.2) is 39.1 Å². The number of nitrogens with zero attached hydrogens (tertiary/aromatic N) is 2. The molecule has 4 heterocycles. The lowest BCUT2D eigenvalue weighted by Crippen LogP contribution is -2.30. The predicted molar refractivity (Wildman–Crippen MR) is 159 cm³/mol. The molecule has 12 heteroatoms. The fourth-order valence-corrected chi connectivity index (χ4v) is 5.29. The summed E-state index contributed by atoms with van der Waals surface area (Å²) in [6.07, 6.45) is 2.82. The van der Waals surface area contributed by atoms with Crippen molar-refractivity contribution in [3.05, 3.63) is 93.6 Å². The number of fused-ring (bicyclic) bond motifs is 4. The molecule has 0 aliphatic carbocycles. The number of ether oxygens (including phenoxy) is 2. The molecule has 218 valence electrons. The van der Waals surface area contributed by atoms with E-state index < -0.39 is 29.4 Å². The molecule has 0 amide bonds. The molecule has 6 aromatic rings. The number of aromatic nitrogens is 3. The normalized spacial score (nSPS) is 12.2. The van der Waals surface area contributed by atoms with E-state index in [-0.39, 0.29) is 57.4 Å². The monoisotopic (exact) mass is 602 g/mol. The molecule has 6 rings (SSSR count). The molecule has 0 aliphatic heterocycles. The summed E-state index contributed by atoms with van der Waals surface area (Å²) in [5.41, 5.74) is 6.97. The Morgan fingerprint density at radius 1 is 1.21 bits per heavy atom. The number of nitrogens with two attached hydrogens (primary N) is 1. The minimum Gasteiger partial charge on any atom is -0.463 e. The van der Waals surface area contributed by atoms with Gasteiger partial charge in [0.1, 0.15) is 34.0 Å². The zero-order valence-corrected chi connectivity index (χ0v) is 23.7. The van der Waals surface area contributed by atoms with Crippen molar-refractivity contribution in [1.82, 2.24) is 14.5 Å². The molecule has 1 atom stereocenters. The number of carbonyl (C=O) groups excluding carboxylic acids is 2. The Bertz CT molecular complexity index is 2130. The second-order valence-electron chi connectivity index (χ2n) is 9.86. The summed E-state index contributed by atoms with van der Waals surface area (Å²) >= 11 is 6.65. The summed E-state index contributed by atoms with van der Waals surface area (Å²) in [5.74, 6) is -1.64. The number of aromatic amines is 1. The standard InChI is InChI=1S/C31H24ClFN4O6/c1-3-41-31(40)26-24(20-5-4-9-35-29(20)38)25-23(13-21(33)19-8-10-42-27(19)25)37(26)14-17-11-16-6-7-18(43-30(39)15(2)34)12-22(16)36-28(17)32/h4-13,15H,3,14,34H2,1-2H3,(H,35,38)/t15-/m1/s1. The van der Waals surface area contributed by atoms with Gasteiger partial charge in [0, 0.05) is 28.8 Å². The summed E-state index contributed by atoms with van der Waals surface area (Å²) in [6.45, 7) is 3.20. The Balaban J connectivity index is 1.59. The smallest absolute Gasteiger partial charge is 0.355 e. The van der Waals surface area contributed by atoms with E-state index in [1.807, 2.05) is 0 Å². The van der Waals surface area contributed by atoms with Crippen LogP contribution in [-0.2, 0) is 16.1 Å². The van der Waals surface area contributed by atoms with E-state index in [4.69, 9.17) is 31.2 Å². The van der Waals surface area contributed by atoms with Gasteiger partial charge in [-0.2, -0.15) is 0 Å². The number of benzene rings is 2. The van der Waals surface area contributed by atoms with E-state index >= 15 is 4.39 Å². The molecular weight excluding hydrogens is 579 g/mol. The maximum atomic E-state index is 15.4. The van der Waals surface area contributed by atoms with Crippen LogP contribution in [0.25, 0.3) is 43.9 Å². The SMILES string of the molecule is CCOC(=O)c1c(-c2ccc[nH]c2=O)c2c3occc3c(F)cc2n1Cc1cc2ccc(OC(=O)[C@@H](C)N)cc2nc1Cl. The van der Waals surface area contributed by atoms with Crippen LogP contribution in [0.15, 0.2) is 70.2 Å². The summed E-state index contributed by atoms with van der Waals surface area (Å²) in [6, 6.07) is 11.8. The molecule has 0 saturated carbocycles. The van der Waals surface area contributed by atoms with Gasteiger partial charge >= 0.3 is 11.9 Å². The summed E-state index contributed by atoms with van der Waals surface area (Å²) < 4.78 is 33.3. The van der Waals surface area contributed by atoms with E-state index in [2.05, 4.69) is 9.97 Å². The lowest BCUT2D eigenvalue weighted by atomic mass is 10.0. The van der Waals surface area contributed by atoms with Crippen LogP contribution in [0.1, 0.15) is 29.9 Å². The minimum atomic E-state index is -0.803. The van der Waals surface area contributed by atoms with E-state index in [1.165, 1.54) is 31.5 Å². The molecule has 0 spiro atoms. The minimum absolute atomic E-state index is 0.0196. The van der Waals surface area contributed by atoms with Crippen LogP contribution in [0, 0.1) is 5.82 Å². The topological polar surface area (TPSA) is 142 Å². The summed E-state index contributed by atoms with van der Waals surface area (Å²) in [5, 5.41) is 1.32. The number of rotatable bonds is 7.